The number of hydrazine groups is 1. The van der Waals surface area contributed by atoms with E-state index in [1.54, 1.807) is 0 Å². The lowest BCUT2D eigenvalue weighted by molar-refractivity contribution is -0.147. The molecule has 6 heteroatoms. The first kappa shape index (κ1) is 13.5. The molecule has 0 bridgehead atoms. The van der Waals surface area contributed by atoms with Crippen molar-refractivity contribution in [2.24, 2.45) is 11.8 Å². The summed E-state index contributed by atoms with van der Waals surface area (Å²) in [5.74, 6) is -0.927. The van der Waals surface area contributed by atoms with Crippen LogP contribution >= 0.6 is 0 Å². The average Bonchev–Trinajstić information content (AvgIpc) is 2.35. The molecule has 1 rings (SSSR count). The fourth-order valence-electron chi connectivity index (χ4n) is 2.01. The summed E-state index contributed by atoms with van der Waals surface area (Å²) in [5.41, 5.74) is 4.61. The summed E-state index contributed by atoms with van der Waals surface area (Å²) in [7, 11) is 1.37. The molecule has 0 aromatic rings. The Labute approximate surface area is 100 Å². The van der Waals surface area contributed by atoms with E-state index in [0.717, 1.165) is 0 Å². The summed E-state index contributed by atoms with van der Waals surface area (Å²) in [6, 6.07) is 0. The molecule has 0 aliphatic heterocycles. The van der Waals surface area contributed by atoms with Crippen LogP contribution in [0.2, 0.25) is 0 Å². The molecule has 1 fully saturated rings. The van der Waals surface area contributed by atoms with Gasteiger partial charge in [0.25, 0.3) is 0 Å². The summed E-state index contributed by atoms with van der Waals surface area (Å²) in [6.07, 6.45) is 2.60. The van der Waals surface area contributed by atoms with Crippen LogP contribution in [0.1, 0.15) is 32.6 Å². The van der Waals surface area contributed by atoms with Crippen LogP contribution in [0.5, 0.6) is 0 Å². The fraction of sp³-hybridized carbons (Fsp3) is 0.727. The number of nitrogens with one attached hydrogen (secondary N) is 2. The maximum atomic E-state index is 11.6. The Morgan fingerprint density at radius 3 is 2.00 bits per heavy atom. The van der Waals surface area contributed by atoms with Crippen molar-refractivity contribution in [2.45, 2.75) is 32.6 Å². The number of ether oxygens (including phenoxy) is 1. The van der Waals surface area contributed by atoms with Crippen molar-refractivity contribution in [1.29, 1.82) is 0 Å². The van der Waals surface area contributed by atoms with Crippen LogP contribution in [0.25, 0.3) is 0 Å². The molecule has 1 aliphatic carbocycles. The van der Waals surface area contributed by atoms with Gasteiger partial charge in [-0.05, 0) is 25.7 Å². The average molecular weight is 242 g/mol. The smallest absolute Gasteiger partial charge is 0.308 e. The van der Waals surface area contributed by atoms with E-state index in [0.29, 0.717) is 25.7 Å². The van der Waals surface area contributed by atoms with E-state index in [-0.39, 0.29) is 29.6 Å². The Bertz CT molecular complexity index is 309. The van der Waals surface area contributed by atoms with E-state index in [2.05, 4.69) is 15.6 Å². The van der Waals surface area contributed by atoms with Gasteiger partial charge in [-0.1, -0.05) is 0 Å². The minimum atomic E-state index is -0.304. The maximum absolute atomic E-state index is 11.6. The molecular formula is C11H18N2O4. The summed E-state index contributed by atoms with van der Waals surface area (Å²) in [4.78, 5) is 33.5. The molecule has 1 aliphatic rings. The van der Waals surface area contributed by atoms with E-state index in [1.807, 2.05) is 0 Å². The molecule has 1 saturated carbocycles. The predicted octanol–water partition coefficient (Wildman–Crippen LogP) is 0.133. The first-order valence-corrected chi connectivity index (χ1v) is 5.69. The number of carbonyl (C=O) groups excluding carboxylic acids is 3. The van der Waals surface area contributed by atoms with Crippen LogP contribution in [0, 0.1) is 11.8 Å². The topological polar surface area (TPSA) is 84.5 Å². The predicted molar refractivity (Wildman–Crippen MR) is 59.4 cm³/mol. The molecule has 0 spiro atoms. The van der Waals surface area contributed by atoms with E-state index in [9.17, 15) is 14.4 Å². The van der Waals surface area contributed by atoms with Crippen LogP contribution in [0.3, 0.4) is 0 Å². The first-order valence-electron chi connectivity index (χ1n) is 5.69. The van der Waals surface area contributed by atoms with Gasteiger partial charge in [0.1, 0.15) is 0 Å². The lowest BCUT2D eigenvalue weighted by atomic mass is 9.82. The molecule has 2 N–H and O–H groups in total. The number of methoxy groups -OCH3 is 1. The zero-order valence-electron chi connectivity index (χ0n) is 10.1. The number of hydrogen-bond acceptors (Lipinski definition) is 4. The van der Waals surface area contributed by atoms with E-state index in [1.165, 1.54) is 14.0 Å². The van der Waals surface area contributed by atoms with E-state index in [4.69, 9.17) is 0 Å². The van der Waals surface area contributed by atoms with Gasteiger partial charge in [-0.15, -0.1) is 0 Å². The number of carbonyl (C=O) groups is 3. The van der Waals surface area contributed by atoms with Crippen LogP contribution in [0.15, 0.2) is 0 Å². The highest BCUT2D eigenvalue weighted by atomic mass is 16.5. The third kappa shape index (κ3) is 4.05. The first-order chi connectivity index (χ1) is 8.04. The van der Waals surface area contributed by atoms with Crippen LogP contribution in [0.4, 0.5) is 0 Å². The molecule has 0 atom stereocenters. The van der Waals surface area contributed by atoms with Crippen LogP contribution in [-0.4, -0.2) is 24.9 Å². The molecule has 2 amide bonds. The summed E-state index contributed by atoms with van der Waals surface area (Å²) < 4.78 is 4.67. The van der Waals surface area contributed by atoms with Gasteiger partial charge in [0.2, 0.25) is 11.8 Å². The monoisotopic (exact) mass is 242 g/mol. The molecule has 17 heavy (non-hydrogen) atoms. The third-order valence-corrected chi connectivity index (χ3v) is 2.99. The van der Waals surface area contributed by atoms with Gasteiger partial charge in [-0.2, -0.15) is 0 Å². The molecule has 0 aromatic carbocycles. The lowest BCUT2D eigenvalue weighted by Crippen LogP contribution is -2.44. The Morgan fingerprint density at radius 2 is 1.53 bits per heavy atom. The summed E-state index contributed by atoms with van der Waals surface area (Å²) in [5, 5.41) is 0. The standard InChI is InChI=1S/C11H18N2O4/c1-7(14)12-13-10(15)8-3-5-9(6-4-8)11(16)17-2/h8-9H,3-6H2,1-2H3,(H,12,14)(H,13,15). The second-order valence-electron chi connectivity index (χ2n) is 4.24. The number of amides is 2. The molecule has 0 heterocycles. The van der Waals surface area contributed by atoms with Gasteiger partial charge < -0.3 is 4.74 Å². The van der Waals surface area contributed by atoms with Gasteiger partial charge in [-0.3, -0.25) is 25.2 Å². The summed E-state index contributed by atoms with van der Waals surface area (Å²) >= 11 is 0. The normalized spacial score (nSPS) is 23.6. The minimum Gasteiger partial charge on any atom is -0.469 e. The fourth-order valence-corrected chi connectivity index (χ4v) is 2.01. The third-order valence-electron chi connectivity index (χ3n) is 2.99. The van der Waals surface area contributed by atoms with Crippen LogP contribution < -0.4 is 10.9 Å². The molecule has 0 unspecified atom stereocenters. The second-order valence-corrected chi connectivity index (χ2v) is 4.24. The molecule has 0 saturated heterocycles. The number of esters is 1. The van der Waals surface area contributed by atoms with Crippen molar-refractivity contribution in [2.75, 3.05) is 7.11 Å². The minimum absolute atomic E-state index is 0.0928. The Balaban J connectivity index is 2.33. The van der Waals surface area contributed by atoms with Crippen molar-refractivity contribution in [3.8, 4) is 0 Å². The SMILES string of the molecule is COC(=O)C1CCC(C(=O)NNC(C)=O)CC1. The van der Waals surface area contributed by atoms with Crippen molar-refractivity contribution >= 4 is 17.8 Å². The largest absolute Gasteiger partial charge is 0.469 e. The Kier molecular flexibility index (Phi) is 4.93. The van der Waals surface area contributed by atoms with Gasteiger partial charge >= 0.3 is 5.97 Å². The van der Waals surface area contributed by atoms with Crippen LogP contribution in [-0.2, 0) is 19.1 Å². The highest BCUT2D eigenvalue weighted by molar-refractivity contribution is 5.82. The highest BCUT2D eigenvalue weighted by Crippen LogP contribution is 2.29. The summed E-state index contributed by atoms with van der Waals surface area (Å²) in [6.45, 7) is 1.33. The molecule has 0 radical (unpaired) electrons. The number of hydrogen-bond donors (Lipinski definition) is 2. The molecule has 6 nitrogen and oxygen atoms in total. The van der Waals surface area contributed by atoms with Gasteiger partial charge in [0.15, 0.2) is 0 Å². The van der Waals surface area contributed by atoms with Crippen molar-refractivity contribution < 1.29 is 19.1 Å². The quantitative estimate of drug-likeness (QED) is 0.532. The molecule has 0 aromatic heterocycles. The Hall–Kier alpha value is -1.59. The lowest BCUT2D eigenvalue weighted by Gasteiger charge is -2.25. The second kappa shape index (κ2) is 6.22. The number of rotatable bonds is 2. The molecular weight excluding hydrogens is 224 g/mol. The zero-order valence-corrected chi connectivity index (χ0v) is 10.1. The van der Waals surface area contributed by atoms with E-state index < -0.39 is 0 Å². The Morgan fingerprint density at radius 1 is 1.00 bits per heavy atom. The zero-order chi connectivity index (χ0) is 12.8. The van der Waals surface area contributed by atoms with Gasteiger partial charge in [0.05, 0.1) is 13.0 Å². The van der Waals surface area contributed by atoms with Crippen molar-refractivity contribution in [3.63, 3.8) is 0 Å². The van der Waals surface area contributed by atoms with Gasteiger partial charge in [-0.25, -0.2) is 0 Å². The van der Waals surface area contributed by atoms with Gasteiger partial charge in [0, 0.05) is 12.8 Å². The highest BCUT2D eigenvalue weighted by Gasteiger charge is 2.30. The van der Waals surface area contributed by atoms with Crippen molar-refractivity contribution in [3.05, 3.63) is 0 Å². The molecule has 96 valence electrons. The maximum Gasteiger partial charge on any atom is 0.308 e. The van der Waals surface area contributed by atoms with Crippen molar-refractivity contribution in [1.82, 2.24) is 10.9 Å². The van der Waals surface area contributed by atoms with E-state index >= 15 is 0 Å².